The van der Waals surface area contributed by atoms with E-state index in [1.54, 1.807) is 42.5 Å². The van der Waals surface area contributed by atoms with E-state index in [-0.39, 0.29) is 27.5 Å². The van der Waals surface area contributed by atoms with Gasteiger partial charge in [0.1, 0.15) is 13.2 Å². The minimum Gasteiger partial charge on any atom is -0.486 e. The van der Waals surface area contributed by atoms with Gasteiger partial charge in [0.2, 0.25) is 5.91 Å². The van der Waals surface area contributed by atoms with Crippen molar-refractivity contribution in [2.45, 2.75) is 0 Å². The fraction of sp³-hybridized carbons (Fsp3) is 0.0870. The molecule has 0 radical (unpaired) electrons. The molecule has 0 aromatic heterocycles. The lowest BCUT2D eigenvalue weighted by molar-refractivity contribution is 0.0994. The van der Waals surface area contributed by atoms with Gasteiger partial charge in [-0.15, -0.1) is 0 Å². The van der Waals surface area contributed by atoms with Gasteiger partial charge in [0.15, 0.2) is 17.3 Å². The molecule has 31 heavy (non-hydrogen) atoms. The number of anilines is 1. The molecule has 8 heteroatoms. The van der Waals surface area contributed by atoms with Gasteiger partial charge >= 0.3 is 0 Å². The van der Waals surface area contributed by atoms with E-state index in [9.17, 15) is 14.4 Å². The summed E-state index contributed by atoms with van der Waals surface area (Å²) in [5.74, 6) is -0.507. The number of hydrogen-bond donors (Lipinski definition) is 2. The second-order valence-electron chi connectivity index (χ2n) is 6.75. The van der Waals surface area contributed by atoms with Gasteiger partial charge in [0.05, 0.1) is 16.1 Å². The number of carbonyl (C=O) groups excluding carboxylic acids is 3. The molecule has 3 N–H and O–H groups in total. The highest BCUT2D eigenvalue weighted by atomic mass is 35.5. The Labute approximate surface area is 182 Å². The summed E-state index contributed by atoms with van der Waals surface area (Å²) >= 11 is 5.95. The van der Waals surface area contributed by atoms with Gasteiger partial charge < -0.3 is 20.5 Å². The molecule has 2 amide bonds. The molecule has 7 nitrogen and oxygen atoms in total. The highest BCUT2D eigenvalue weighted by molar-refractivity contribution is 6.34. The molecular formula is C23H17ClN2O5. The van der Waals surface area contributed by atoms with Crippen molar-refractivity contribution in [2.24, 2.45) is 5.73 Å². The van der Waals surface area contributed by atoms with Crippen LogP contribution in [-0.2, 0) is 0 Å². The maximum Gasteiger partial charge on any atom is 0.256 e. The Morgan fingerprint density at radius 2 is 1.55 bits per heavy atom. The van der Waals surface area contributed by atoms with Crippen molar-refractivity contribution >= 4 is 34.9 Å². The molecule has 0 unspecified atom stereocenters. The third-order valence-corrected chi connectivity index (χ3v) is 5.04. The highest BCUT2D eigenvalue weighted by Crippen LogP contribution is 2.32. The topological polar surface area (TPSA) is 108 Å². The molecule has 1 aliphatic rings. The molecule has 3 aromatic carbocycles. The summed E-state index contributed by atoms with van der Waals surface area (Å²) in [4.78, 5) is 37.5. The van der Waals surface area contributed by atoms with Crippen LogP contribution in [0, 0.1) is 0 Å². The second-order valence-corrected chi connectivity index (χ2v) is 7.15. The number of hydrogen-bond acceptors (Lipinski definition) is 5. The standard InChI is InChI=1S/C23H17ClN2O5/c24-18-7-6-14(12-17(18)22(25)28)26-23(29)16-4-2-1-3-15(16)21(27)13-5-8-19-20(11-13)31-10-9-30-19/h1-8,11-12H,9-10H2,(H2,25,28)(H,26,29). The first kappa shape index (κ1) is 20.4. The van der Waals surface area contributed by atoms with Crippen LogP contribution >= 0.6 is 11.6 Å². The van der Waals surface area contributed by atoms with Gasteiger partial charge in [-0.1, -0.05) is 29.8 Å². The number of halogens is 1. The summed E-state index contributed by atoms with van der Waals surface area (Å²) in [5.41, 5.74) is 6.48. The summed E-state index contributed by atoms with van der Waals surface area (Å²) in [6.07, 6.45) is 0. The third kappa shape index (κ3) is 4.22. The summed E-state index contributed by atoms with van der Waals surface area (Å²) in [6.45, 7) is 0.851. The second kappa shape index (κ2) is 8.49. The molecular weight excluding hydrogens is 420 g/mol. The molecule has 3 aromatic rings. The average Bonchev–Trinajstić information content (AvgIpc) is 2.79. The molecule has 0 bridgehead atoms. The van der Waals surface area contributed by atoms with Gasteiger partial charge in [-0.25, -0.2) is 0 Å². The molecule has 1 aliphatic heterocycles. The number of carbonyl (C=O) groups is 3. The maximum atomic E-state index is 13.1. The quantitative estimate of drug-likeness (QED) is 0.593. The van der Waals surface area contributed by atoms with Gasteiger partial charge in [-0.3, -0.25) is 14.4 Å². The fourth-order valence-corrected chi connectivity index (χ4v) is 3.42. The van der Waals surface area contributed by atoms with Crippen LogP contribution in [0.4, 0.5) is 5.69 Å². The predicted octanol–water partition coefficient (Wildman–Crippen LogP) is 3.69. The zero-order valence-corrected chi connectivity index (χ0v) is 16.9. The molecule has 156 valence electrons. The lowest BCUT2D eigenvalue weighted by Crippen LogP contribution is -2.18. The monoisotopic (exact) mass is 436 g/mol. The van der Waals surface area contributed by atoms with Crippen LogP contribution in [0.3, 0.4) is 0 Å². The number of fused-ring (bicyclic) bond motifs is 1. The number of ether oxygens (including phenoxy) is 2. The summed E-state index contributed by atoms with van der Waals surface area (Å²) < 4.78 is 11.0. The van der Waals surface area contributed by atoms with E-state index < -0.39 is 11.8 Å². The zero-order valence-electron chi connectivity index (χ0n) is 16.2. The molecule has 0 fully saturated rings. The predicted molar refractivity (Wildman–Crippen MR) is 115 cm³/mol. The Morgan fingerprint density at radius 3 is 2.29 bits per heavy atom. The van der Waals surface area contributed by atoms with E-state index in [1.807, 2.05) is 0 Å². The molecule has 0 spiro atoms. The van der Waals surface area contributed by atoms with E-state index >= 15 is 0 Å². The Kier molecular flexibility index (Phi) is 5.60. The molecule has 0 atom stereocenters. The summed E-state index contributed by atoms with van der Waals surface area (Å²) in [5, 5.41) is 2.86. The van der Waals surface area contributed by atoms with Crippen LogP contribution in [0.5, 0.6) is 11.5 Å². The van der Waals surface area contributed by atoms with Crippen LogP contribution in [-0.4, -0.2) is 30.8 Å². The number of nitrogens with two attached hydrogens (primary N) is 1. The van der Waals surface area contributed by atoms with Crippen LogP contribution in [0.1, 0.15) is 36.6 Å². The van der Waals surface area contributed by atoms with E-state index in [0.29, 0.717) is 36.0 Å². The number of nitrogens with one attached hydrogen (secondary N) is 1. The van der Waals surface area contributed by atoms with Crippen LogP contribution in [0.2, 0.25) is 5.02 Å². The molecule has 0 saturated carbocycles. The van der Waals surface area contributed by atoms with E-state index in [0.717, 1.165) is 0 Å². The molecule has 4 rings (SSSR count). The first-order valence-corrected chi connectivity index (χ1v) is 9.76. The summed E-state index contributed by atoms with van der Waals surface area (Å²) in [7, 11) is 0. The van der Waals surface area contributed by atoms with Gasteiger partial charge in [0.25, 0.3) is 5.91 Å². The van der Waals surface area contributed by atoms with Gasteiger partial charge in [-0.05, 0) is 42.5 Å². The largest absolute Gasteiger partial charge is 0.486 e. The number of benzene rings is 3. The SMILES string of the molecule is NC(=O)c1cc(NC(=O)c2ccccc2C(=O)c2ccc3c(c2)OCCO3)ccc1Cl. The minimum atomic E-state index is -0.713. The maximum absolute atomic E-state index is 13.1. The first-order chi connectivity index (χ1) is 14.9. The zero-order chi connectivity index (χ0) is 22.0. The van der Waals surface area contributed by atoms with Gasteiger partial charge in [-0.2, -0.15) is 0 Å². The van der Waals surface area contributed by atoms with E-state index in [2.05, 4.69) is 5.32 Å². The molecule has 0 saturated heterocycles. The van der Waals surface area contributed by atoms with Crippen LogP contribution < -0.4 is 20.5 Å². The lowest BCUT2D eigenvalue weighted by atomic mass is 9.97. The average molecular weight is 437 g/mol. The van der Waals surface area contributed by atoms with Crippen molar-refractivity contribution in [1.29, 1.82) is 0 Å². The van der Waals surface area contributed by atoms with Crippen molar-refractivity contribution < 1.29 is 23.9 Å². The highest BCUT2D eigenvalue weighted by Gasteiger charge is 2.21. The minimum absolute atomic E-state index is 0.0834. The van der Waals surface area contributed by atoms with Crippen molar-refractivity contribution in [3.05, 3.63) is 87.9 Å². The fourth-order valence-electron chi connectivity index (χ4n) is 3.21. The van der Waals surface area contributed by atoms with Gasteiger partial charge in [0, 0.05) is 16.8 Å². The van der Waals surface area contributed by atoms with E-state index in [4.69, 9.17) is 26.8 Å². The van der Waals surface area contributed by atoms with Crippen molar-refractivity contribution in [3.8, 4) is 11.5 Å². The Morgan fingerprint density at radius 1 is 0.839 bits per heavy atom. The Hall–Kier alpha value is -3.84. The Balaban J connectivity index is 1.63. The number of primary amides is 1. The number of amides is 2. The summed E-state index contributed by atoms with van der Waals surface area (Å²) in [6, 6.07) is 15.7. The number of rotatable bonds is 5. The van der Waals surface area contributed by atoms with Crippen molar-refractivity contribution in [3.63, 3.8) is 0 Å². The number of ketones is 1. The third-order valence-electron chi connectivity index (χ3n) is 4.71. The molecule has 0 aliphatic carbocycles. The molecule has 1 heterocycles. The Bertz CT molecular complexity index is 1210. The lowest BCUT2D eigenvalue weighted by Gasteiger charge is -2.18. The smallest absolute Gasteiger partial charge is 0.256 e. The van der Waals surface area contributed by atoms with Crippen LogP contribution in [0.15, 0.2) is 60.7 Å². The van der Waals surface area contributed by atoms with Crippen molar-refractivity contribution in [2.75, 3.05) is 18.5 Å². The van der Waals surface area contributed by atoms with E-state index in [1.165, 1.54) is 18.2 Å². The normalized spacial score (nSPS) is 12.2. The van der Waals surface area contributed by atoms with Crippen molar-refractivity contribution in [1.82, 2.24) is 0 Å². The first-order valence-electron chi connectivity index (χ1n) is 9.38. The van der Waals surface area contributed by atoms with Crippen LogP contribution in [0.25, 0.3) is 0 Å².